The van der Waals surface area contributed by atoms with Gasteiger partial charge in [0.25, 0.3) is 0 Å². The molecule has 5 heavy (non-hydrogen) atoms. The summed E-state index contributed by atoms with van der Waals surface area (Å²) in [5, 5.41) is 0. The Morgan fingerprint density at radius 1 is 0.600 bits per heavy atom. The predicted molar refractivity (Wildman–Crippen MR) is 16.6 cm³/mol. The Morgan fingerprint density at radius 3 is 0.600 bits per heavy atom. The fourth-order valence-electron chi connectivity index (χ4n) is 0. The Hall–Kier alpha value is 1.62. The van der Waals surface area contributed by atoms with Gasteiger partial charge in [0, 0.05) is 51.9 Å². The van der Waals surface area contributed by atoms with E-state index in [0.29, 0.717) is 0 Å². The zero-order valence-corrected chi connectivity index (χ0v) is 8.16. The molecule has 0 aliphatic carbocycles. The van der Waals surface area contributed by atoms with Crippen LogP contribution in [0.4, 0.5) is 0 Å². The van der Waals surface area contributed by atoms with Crippen molar-refractivity contribution in [3.8, 4) is 0 Å². The van der Waals surface area contributed by atoms with E-state index in [2.05, 4.69) is 0 Å². The Morgan fingerprint density at radius 2 is 0.600 bits per heavy atom. The van der Waals surface area contributed by atoms with E-state index >= 15 is 0 Å². The summed E-state index contributed by atoms with van der Waals surface area (Å²) in [5.74, 6) is 0. The molecule has 5 heteroatoms. The van der Waals surface area contributed by atoms with Gasteiger partial charge in [0.1, 0.15) is 0 Å². The summed E-state index contributed by atoms with van der Waals surface area (Å²) in [6.07, 6.45) is 0. The van der Waals surface area contributed by atoms with Gasteiger partial charge in [-0.05, 0) is 0 Å². The van der Waals surface area contributed by atoms with Gasteiger partial charge in [0.05, 0.1) is 0 Å². The van der Waals surface area contributed by atoms with E-state index in [1.165, 1.54) is 0 Å². The van der Waals surface area contributed by atoms with E-state index in [4.69, 9.17) is 0 Å². The first kappa shape index (κ1) is 79.7. The molecule has 0 bridgehead atoms. The maximum Gasteiger partial charge on any atom is 0 e. The molecule has 3 nitrogen and oxygen atoms in total. The molecule has 0 saturated heterocycles. The molecule has 30 valence electrons. The summed E-state index contributed by atoms with van der Waals surface area (Å²) in [4.78, 5) is 0. The van der Waals surface area contributed by atoms with Crippen molar-refractivity contribution in [2.75, 3.05) is 0 Å². The van der Waals surface area contributed by atoms with Gasteiger partial charge >= 0.3 is 0 Å². The Labute approximate surface area is 67.9 Å². The molecule has 0 amide bonds. The van der Waals surface area contributed by atoms with E-state index in [1.807, 2.05) is 0 Å². The number of hydrogen-bond donors (Lipinski definition) is 0. The smallest absolute Gasteiger partial charge is 0 e. The molecule has 0 saturated carbocycles. The van der Waals surface area contributed by atoms with Crippen LogP contribution in [-0.2, 0) is 22.4 Å². The van der Waals surface area contributed by atoms with Gasteiger partial charge in [-0.3, -0.25) is 0 Å². The van der Waals surface area contributed by atoms with Crippen molar-refractivity contribution in [3.63, 3.8) is 0 Å². The van der Waals surface area contributed by atoms with Crippen molar-refractivity contribution in [2.45, 2.75) is 0 Å². The molecule has 0 heterocycles. The molecular weight excluding hydrogens is 252 g/mol. The fraction of sp³-hybridized carbons (Fsp3) is 0. The average Bonchev–Trinajstić information content (AvgIpc) is 0. The van der Waals surface area contributed by atoms with Crippen molar-refractivity contribution in [3.05, 3.63) is 0 Å². The zero-order valence-electron chi connectivity index (χ0n) is 2.95. The topological polar surface area (TPSA) is 94.5 Å². The van der Waals surface area contributed by atoms with Crippen LogP contribution in [0.1, 0.15) is 0 Å². The summed E-state index contributed by atoms with van der Waals surface area (Å²) < 4.78 is 0. The summed E-state index contributed by atoms with van der Waals surface area (Å²) in [7, 11) is 0. The van der Waals surface area contributed by atoms with E-state index in [1.54, 1.807) is 0 Å². The SMILES string of the molecule is O.O.O.[Na].[Ta]. The van der Waals surface area contributed by atoms with Crippen LogP contribution in [0, 0.1) is 0 Å². The van der Waals surface area contributed by atoms with E-state index < -0.39 is 0 Å². The molecule has 6 N–H and O–H groups in total. The second-order valence-corrected chi connectivity index (χ2v) is 0. The zero-order chi connectivity index (χ0) is 0. The standard InChI is InChI=1S/Na.3H2O.Ta/h;3*1H2;. The minimum atomic E-state index is 0. The van der Waals surface area contributed by atoms with Crippen LogP contribution in [0.3, 0.4) is 0 Å². The van der Waals surface area contributed by atoms with Crippen LogP contribution in [0.25, 0.3) is 0 Å². The number of rotatable bonds is 0. The first-order chi connectivity index (χ1) is 0. The van der Waals surface area contributed by atoms with Crippen LogP contribution in [-0.4, -0.2) is 46.0 Å². The maximum atomic E-state index is 0. The molecule has 2 radical (unpaired) electrons. The minimum Gasteiger partial charge on any atom is -0.412 e. The fourth-order valence-corrected chi connectivity index (χ4v) is 0. The third kappa shape index (κ3) is 28.1. The quantitative estimate of drug-likeness (QED) is 0.418. The van der Waals surface area contributed by atoms with Crippen molar-refractivity contribution in [1.82, 2.24) is 0 Å². The van der Waals surface area contributed by atoms with Crippen LogP contribution in [0.5, 0.6) is 0 Å². The van der Waals surface area contributed by atoms with Crippen molar-refractivity contribution < 1.29 is 38.8 Å². The molecule has 0 atom stereocenters. The van der Waals surface area contributed by atoms with Gasteiger partial charge in [0.2, 0.25) is 0 Å². The van der Waals surface area contributed by atoms with Gasteiger partial charge < -0.3 is 16.4 Å². The van der Waals surface area contributed by atoms with Crippen molar-refractivity contribution >= 4 is 29.6 Å². The Balaban J connectivity index is 0. The van der Waals surface area contributed by atoms with Gasteiger partial charge in [-0.15, -0.1) is 0 Å². The first-order valence-electron chi connectivity index (χ1n) is 0. The maximum absolute atomic E-state index is 0. The summed E-state index contributed by atoms with van der Waals surface area (Å²) >= 11 is 0. The van der Waals surface area contributed by atoms with Crippen LogP contribution < -0.4 is 0 Å². The molecule has 0 aromatic carbocycles. The molecule has 0 rings (SSSR count). The van der Waals surface area contributed by atoms with E-state index in [9.17, 15) is 0 Å². The summed E-state index contributed by atoms with van der Waals surface area (Å²) in [6, 6.07) is 0. The summed E-state index contributed by atoms with van der Waals surface area (Å²) in [6.45, 7) is 0. The van der Waals surface area contributed by atoms with E-state index in [0.717, 1.165) is 0 Å². The molecule has 0 fully saturated rings. The van der Waals surface area contributed by atoms with Crippen molar-refractivity contribution in [1.29, 1.82) is 0 Å². The molecule has 0 aliphatic rings. The summed E-state index contributed by atoms with van der Waals surface area (Å²) in [5.41, 5.74) is 0. The second-order valence-electron chi connectivity index (χ2n) is 0. The van der Waals surface area contributed by atoms with E-state index in [-0.39, 0.29) is 68.4 Å². The molecule has 0 spiro atoms. The third-order valence-corrected chi connectivity index (χ3v) is 0. The van der Waals surface area contributed by atoms with Gasteiger partial charge in [-0.25, -0.2) is 0 Å². The third-order valence-electron chi connectivity index (χ3n) is 0. The first-order valence-corrected chi connectivity index (χ1v) is 0. The van der Waals surface area contributed by atoms with Crippen LogP contribution in [0.15, 0.2) is 0 Å². The molecule has 0 aromatic rings. The van der Waals surface area contributed by atoms with Crippen molar-refractivity contribution in [2.24, 2.45) is 0 Å². The normalized spacial score (nSPS) is 0. The van der Waals surface area contributed by atoms with Crippen LogP contribution in [0.2, 0.25) is 0 Å². The Bertz CT molecular complexity index is 6.85. The molecule has 0 aliphatic heterocycles. The molecular formula is H6NaO3Ta. The Kier molecular flexibility index (Phi) is 728. The predicted octanol–water partition coefficient (Wildman–Crippen LogP) is -2.86. The van der Waals surface area contributed by atoms with Gasteiger partial charge in [-0.1, -0.05) is 0 Å². The second kappa shape index (κ2) is 45.7. The molecule has 0 unspecified atom stereocenters. The molecule has 0 aromatic heterocycles. The monoisotopic (exact) mass is 258 g/mol. The number of hydrogen-bond acceptors (Lipinski definition) is 0. The largest absolute Gasteiger partial charge is 0.412 e. The average molecular weight is 258 g/mol. The van der Waals surface area contributed by atoms with Gasteiger partial charge in [-0.2, -0.15) is 0 Å². The minimum absolute atomic E-state index is 0. The van der Waals surface area contributed by atoms with Gasteiger partial charge in [0.15, 0.2) is 0 Å². The van der Waals surface area contributed by atoms with Crippen LogP contribution >= 0.6 is 0 Å².